The molecule has 2 heteroatoms. The smallest absolute Gasteiger partial charge is 0.0110 e. The van der Waals surface area contributed by atoms with Gasteiger partial charge in [-0.15, -0.1) is 0 Å². The van der Waals surface area contributed by atoms with Gasteiger partial charge in [0.15, 0.2) is 0 Å². The lowest BCUT2D eigenvalue weighted by Crippen LogP contribution is -2.41. The van der Waals surface area contributed by atoms with Crippen molar-refractivity contribution in [3.05, 3.63) is 0 Å². The molecule has 0 aliphatic heterocycles. The van der Waals surface area contributed by atoms with Crippen LogP contribution < -0.4 is 11.1 Å². The lowest BCUT2D eigenvalue weighted by Gasteiger charge is -2.28. The van der Waals surface area contributed by atoms with Crippen LogP contribution in [-0.2, 0) is 0 Å². The summed E-state index contributed by atoms with van der Waals surface area (Å²) in [6.45, 7) is 2.44. The Morgan fingerprint density at radius 1 is 1.00 bits per heavy atom. The largest absolute Gasteiger partial charge is 0.327 e. The summed E-state index contributed by atoms with van der Waals surface area (Å²) in [6.07, 6.45) is 7.20. The standard InChI is InChI=1S/C12H22N2/c13-12-10-4-3-9(5-10)11(12)7-14-6-8-1-2-8/h8-12,14H,1-7,13H2. The molecule has 0 heterocycles. The second kappa shape index (κ2) is 3.49. The van der Waals surface area contributed by atoms with Crippen molar-refractivity contribution in [2.24, 2.45) is 29.4 Å². The van der Waals surface area contributed by atoms with Crippen LogP contribution >= 0.6 is 0 Å². The van der Waals surface area contributed by atoms with Gasteiger partial charge in [-0.3, -0.25) is 0 Å². The van der Waals surface area contributed by atoms with E-state index in [0.717, 1.165) is 23.7 Å². The summed E-state index contributed by atoms with van der Waals surface area (Å²) < 4.78 is 0. The minimum Gasteiger partial charge on any atom is -0.327 e. The molecule has 3 fully saturated rings. The highest BCUT2D eigenvalue weighted by molar-refractivity contribution is 4.99. The summed E-state index contributed by atoms with van der Waals surface area (Å²) >= 11 is 0. The van der Waals surface area contributed by atoms with Crippen molar-refractivity contribution in [2.45, 2.75) is 38.1 Å². The second-order valence-electron chi connectivity index (χ2n) is 5.68. The van der Waals surface area contributed by atoms with Crippen LogP contribution in [0.15, 0.2) is 0 Å². The molecule has 14 heavy (non-hydrogen) atoms. The van der Waals surface area contributed by atoms with E-state index in [1.54, 1.807) is 0 Å². The van der Waals surface area contributed by atoms with Gasteiger partial charge in [0.05, 0.1) is 0 Å². The molecule has 0 radical (unpaired) electrons. The first-order valence-corrected chi connectivity index (χ1v) is 6.31. The molecule has 0 amide bonds. The first-order valence-electron chi connectivity index (χ1n) is 6.31. The molecule has 3 saturated carbocycles. The van der Waals surface area contributed by atoms with Gasteiger partial charge < -0.3 is 11.1 Å². The predicted molar refractivity (Wildman–Crippen MR) is 57.9 cm³/mol. The molecule has 0 aromatic heterocycles. The molecule has 80 valence electrons. The van der Waals surface area contributed by atoms with E-state index in [4.69, 9.17) is 5.73 Å². The van der Waals surface area contributed by atoms with Crippen molar-refractivity contribution >= 4 is 0 Å². The van der Waals surface area contributed by atoms with Crippen LogP contribution in [0.25, 0.3) is 0 Å². The molecule has 2 nitrogen and oxygen atoms in total. The summed E-state index contributed by atoms with van der Waals surface area (Å²) in [4.78, 5) is 0. The first-order chi connectivity index (χ1) is 6.84. The first kappa shape index (κ1) is 9.17. The molecule has 4 unspecified atom stereocenters. The number of hydrogen-bond donors (Lipinski definition) is 2. The molecular formula is C12H22N2. The summed E-state index contributed by atoms with van der Waals surface area (Å²) in [7, 11) is 0. The zero-order valence-corrected chi connectivity index (χ0v) is 8.91. The highest BCUT2D eigenvalue weighted by Crippen LogP contribution is 2.47. The highest BCUT2D eigenvalue weighted by Gasteiger charge is 2.45. The van der Waals surface area contributed by atoms with Crippen molar-refractivity contribution in [2.75, 3.05) is 13.1 Å². The van der Waals surface area contributed by atoms with Gasteiger partial charge in [0.2, 0.25) is 0 Å². The Morgan fingerprint density at radius 2 is 1.79 bits per heavy atom. The summed E-state index contributed by atoms with van der Waals surface area (Å²) in [5, 5.41) is 3.62. The van der Waals surface area contributed by atoms with E-state index in [9.17, 15) is 0 Å². The van der Waals surface area contributed by atoms with E-state index < -0.39 is 0 Å². The summed E-state index contributed by atoms with van der Waals surface area (Å²) in [5.41, 5.74) is 6.26. The predicted octanol–water partition coefficient (Wildman–Crippen LogP) is 1.36. The number of rotatable bonds is 4. The Morgan fingerprint density at radius 3 is 2.43 bits per heavy atom. The zero-order valence-electron chi connectivity index (χ0n) is 8.91. The van der Waals surface area contributed by atoms with Gasteiger partial charge in [-0.1, -0.05) is 0 Å². The Labute approximate surface area is 86.6 Å². The summed E-state index contributed by atoms with van der Waals surface area (Å²) in [5.74, 6) is 3.63. The quantitative estimate of drug-likeness (QED) is 0.709. The van der Waals surface area contributed by atoms with Crippen molar-refractivity contribution in [3.8, 4) is 0 Å². The average molecular weight is 194 g/mol. The normalized spacial score (nSPS) is 46.1. The van der Waals surface area contributed by atoms with Crippen molar-refractivity contribution in [1.29, 1.82) is 0 Å². The van der Waals surface area contributed by atoms with Gasteiger partial charge >= 0.3 is 0 Å². The second-order valence-corrected chi connectivity index (χ2v) is 5.68. The van der Waals surface area contributed by atoms with E-state index in [0.29, 0.717) is 6.04 Å². The maximum absolute atomic E-state index is 6.26. The molecule has 2 bridgehead atoms. The Balaban J connectivity index is 1.47. The van der Waals surface area contributed by atoms with Gasteiger partial charge in [-0.05, 0) is 68.9 Å². The molecule has 0 saturated heterocycles. The molecule has 3 aliphatic rings. The zero-order chi connectivity index (χ0) is 9.54. The Hall–Kier alpha value is -0.0800. The van der Waals surface area contributed by atoms with E-state index in [2.05, 4.69) is 5.32 Å². The van der Waals surface area contributed by atoms with Gasteiger partial charge in [-0.25, -0.2) is 0 Å². The fourth-order valence-electron chi connectivity index (χ4n) is 3.53. The molecule has 3 N–H and O–H groups in total. The van der Waals surface area contributed by atoms with Crippen LogP contribution in [0.1, 0.15) is 32.1 Å². The van der Waals surface area contributed by atoms with Crippen molar-refractivity contribution < 1.29 is 0 Å². The van der Waals surface area contributed by atoms with Crippen molar-refractivity contribution in [1.82, 2.24) is 5.32 Å². The molecule has 0 aromatic rings. The molecule has 4 atom stereocenters. The van der Waals surface area contributed by atoms with Crippen molar-refractivity contribution in [3.63, 3.8) is 0 Å². The number of nitrogens with two attached hydrogens (primary N) is 1. The van der Waals surface area contributed by atoms with Crippen LogP contribution in [0.3, 0.4) is 0 Å². The third-order valence-corrected chi connectivity index (χ3v) is 4.67. The maximum Gasteiger partial charge on any atom is 0.0110 e. The molecule has 0 spiro atoms. The lowest BCUT2D eigenvalue weighted by molar-refractivity contribution is 0.278. The van der Waals surface area contributed by atoms with E-state index in [-0.39, 0.29) is 0 Å². The van der Waals surface area contributed by atoms with Crippen LogP contribution in [0, 0.1) is 23.7 Å². The van der Waals surface area contributed by atoms with Gasteiger partial charge in [0.1, 0.15) is 0 Å². The molecule has 3 rings (SSSR count). The maximum atomic E-state index is 6.26. The Kier molecular flexibility index (Phi) is 2.29. The number of fused-ring (bicyclic) bond motifs is 2. The van der Waals surface area contributed by atoms with E-state index in [1.165, 1.54) is 45.2 Å². The summed E-state index contributed by atoms with van der Waals surface area (Å²) in [6, 6.07) is 0.514. The van der Waals surface area contributed by atoms with E-state index >= 15 is 0 Å². The third kappa shape index (κ3) is 1.59. The number of nitrogens with one attached hydrogen (secondary N) is 1. The molecule has 3 aliphatic carbocycles. The SMILES string of the molecule is NC1C2CCC(C2)C1CNCC1CC1. The Bertz CT molecular complexity index is 210. The topological polar surface area (TPSA) is 38.0 Å². The molecule has 0 aromatic carbocycles. The minimum atomic E-state index is 0.514. The molecular weight excluding hydrogens is 172 g/mol. The van der Waals surface area contributed by atoms with Gasteiger partial charge in [-0.2, -0.15) is 0 Å². The fraction of sp³-hybridized carbons (Fsp3) is 1.00. The highest BCUT2D eigenvalue weighted by atomic mass is 14.9. The fourth-order valence-corrected chi connectivity index (χ4v) is 3.53. The third-order valence-electron chi connectivity index (χ3n) is 4.67. The van der Waals surface area contributed by atoms with E-state index in [1.807, 2.05) is 0 Å². The van der Waals surface area contributed by atoms with Gasteiger partial charge in [0.25, 0.3) is 0 Å². The average Bonchev–Trinajstić information content (AvgIpc) is 2.80. The lowest BCUT2D eigenvalue weighted by atomic mass is 9.85. The number of hydrogen-bond acceptors (Lipinski definition) is 2. The van der Waals surface area contributed by atoms with Crippen LogP contribution in [0.4, 0.5) is 0 Å². The van der Waals surface area contributed by atoms with Crippen LogP contribution in [-0.4, -0.2) is 19.1 Å². The minimum absolute atomic E-state index is 0.514. The van der Waals surface area contributed by atoms with Crippen LogP contribution in [0.5, 0.6) is 0 Å². The van der Waals surface area contributed by atoms with Crippen LogP contribution in [0.2, 0.25) is 0 Å². The van der Waals surface area contributed by atoms with Gasteiger partial charge in [0, 0.05) is 6.04 Å². The monoisotopic (exact) mass is 194 g/mol.